The summed E-state index contributed by atoms with van der Waals surface area (Å²) in [6.45, 7) is 2.05. The first-order valence-electron chi connectivity index (χ1n) is 6.55. The SMILES string of the molecule is CC(Cc1cccs1)N(C)c1ccc(C(N)=NO)cc1F. The minimum absolute atomic E-state index is 0.102. The fourth-order valence-corrected chi connectivity index (χ4v) is 2.93. The van der Waals surface area contributed by atoms with E-state index in [1.807, 2.05) is 23.4 Å². The van der Waals surface area contributed by atoms with Gasteiger partial charge >= 0.3 is 0 Å². The molecule has 0 aliphatic heterocycles. The van der Waals surface area contributed by atoms with E-state index in [9.17, 15) is 4.39 Å². The van der Waals surface area contributed by atoms with E-state index in [1.165, 1.54) is 10.9 Å². The van der Waals surface area contributed by atoms with E-state index in [1.54, 1.807) is 23.5 Å². The first-order valence-corrected chi connectivity index (χ1v) is 7.43. The molecule has 0 aliphatic rings. The lowest BCUT2D eigenvalue weighted by atomic mass is 10.1. The average Bonchev–Trinajstić information content (AvgIpc) is 2.98. The second-order valence-electron chi connectivity index (χ2n) is 4.89. The quantitative estimate of drug-likeness (QED) is 0.386. The molecule has 0 radical (unpaired) electrons. The van der Waals surface area contributed by atoms with Crippen molar-refractivity contribution in [1.29, 1.82) is 0 Å². The molecular formula is C15H18FN3OS. The molecule has 1 unspecified atom stereocenters. The van der Waals surface area contributed by atoms with Crippen LogP contribution in [0.1, 0.15) is 17.4 Å². The molecule has 0 saturated heterocycles. The van der Waals surface area contributed by atoms with Gasteiger partial charge in [-0.1, -0.05) is 11.2 Å². The summed E-state index contributed by atoms with van der Waals surface area (Å²) in [5, 5.41) is 13.5. The molecule has 4 nitrogen and oxygen atoms in total. The summed E-state index contributed by atoms with van der Waals surface area (Å²) >= 11 is 1.70. The lowest BCUT2D eigenvalue weighted by Gasteiger charge is -2.27. The van der Waals surface area contributed by atoms with Crippen LogP contribution in [0, 0.1) is 5.82 Å². The summed E-state index contributed by atoms with van der Waals surface area (Å²) in [7, 11) is 1.86. The van der Waals surface area contributed by atoms with Crippen molar-refractivity contribution in [3.8, 4) is 0 Å². The number of halogens is 1. The lowest BCUT2D eigenvalue weighted by Crippen LogP contribution is -2.31. The normalized spacial score (nSPS) is 13.2. The minimum Gasteiger partial charge on any atom is -0.409 e. The van der Waals surface area contributed by atoms with Gasteiger partial charge < -0.3 is 15.8 Å². The molecule has 1 atom stereocenters. The Bertz CT molecular complexity index is 628. The van der Waals surface area contributed by atoms with Gasteiger partial charge in [0.15, 0.2) is 5.84 Å². The number of benzene rings is 1. The van der Waals surface area contributed by atoms with Crippen LogP contribution < -0.4 is 10.6 Å². The number of anilines is 1. The summed E-state index contributed by atoms with van der Waals surface area (Å²) in [5.41, 5.74) is 6.31. The Morgan fingerprint density at radius 1 is 1.48 bits per heavy atom. The topological polar surface area (TPSA) is 61.8 Å². The maximum Gasteiger partial charge on any atom is 0.170 e. The van der Waals surface area contributed by atoms with Crippen LogP contribution >= 0.6 is 11.3 Å². The Labute approximate surface area is 127 Å². The average molecular weight is 307 g/mol. The number of thiophene rings is 1. The van der Waals surface area contributed by atoms with Gasteiger partial charge in [-0.15, -0.1) is 11.3 Å². The fourth-order valence-electron chi connectivity index (χ4n) is 2.10. The van der Waals surface area contributed by atoms with E-state index in [4.69, 9.17) is 10.9 Å². The predicted octanol–water partition coefficient (Wildman–Crippen LogP) is 3.05. The van der Waals surface area contributed by atoms with Crippen LogP contribution in [0.4, 0.5) is 10.1 Å². The molecule has 1 aromatic heterocycles. The predicted molar refractivity (Wildman–Crippen MR) is 84.8 cm³/mol. The third-order valence-electron chi connectivity index (χ3n) is 3.47. The largest absolute Gasteiger partial charge is 0.409 e. The van der Waals surface area contributed by atoms with Crippen molar-refractivity contribution in [1.82, 2.24) is 0 Å². The Balaban J connectivity index is 2.17. The zero-order chi connectivity index (χ0) is 15.4. The van der Waals surface area contributed by atoms with Crippen molar-refractivity contribution in [2.45, 2.75) is 19.4 Å². The lowest BCUT2D eigenvalue weighted by molar-refractivity contribution is 0.318. The van der Waals surface area contributed by atoms with Crippen molar-refractivity contribution in [3.05, 3.63) is 52.0 Å². The Kier molecular flexibility index (Phi) is 4.80. The van der Waals surface area contributed by atoms with Gasteiger partial charge in [0.1, 0.15) is 5.82 Å². The summed E-state index contributed by atoms with van der Waals surface area (Å²) in [5.74, 6) is -0.491. The van der Waals surface area contributed by atoms with Crippen LogP contribution in [0.3, 0.4) is 0 Å². The summed E-state index contributed by atoms with van der Waals surface area (Å²) in [6, 6.07) is 8.81. The van der Waals surface area contributed by atoms with Gasteiger partial charge in [0.25, 0.3) is 0 Å². The Morgan fingerprint density at radius 3 is 2.81 bits per heavy atom. The molecule has 0 amide bonds. The molecule has 112 valence electrons. The van der Waals surface area contributed by atoms with E-state index in [2.05, 4.69) is 18.1 Å². The smallest absolute Gasteiger partial charge is 0.170 e. The zero-order valence-corrected chi connectivity index (χ0v) is 12.8. The third kappa shape index (κ3) is 3.52. The number of nitrogens with two attached hydrogens (primary N) is 1. The second kappa shape index (κ2) is 6.58. The van der Waals surface area contributed by atoms with Gasteiger partial charge in [-0.3, -0.25) is 0 Å². The van der Waals surface area contributed by atoms with Gasteiger partial charge in [0.2, 0.25) is 0 Å². The number of amidine groups is 1. The van der Waals surface area contributed by atoms with Gasteiger partial charge in [0.05, 0.1) is 5.69 Å². The summed E-state index contributed by atoms with van der Waals surface area (Å²) < 4.78 is 14.2. The van der Waals surface area contributed by atoms with Crippen LogP contribution in [0.5, 0.6) is 0 Å². The van der Waals surface area contributed by atoms with Crippen molar-refractivity contribution >= 4 is 22.9 Å². The molecule has 2 rings (SSSR count). The van der Waals surface area contributed by atoms with Gasteiger partial charge in [-0.2, -0.15) is 0 Å². The molecular weight excluding hydrogens is 289 g/mol. The summed E-state index contributed by atoms with van der Waals surface area (Å²) in [4.78, 5) is 3.16. The van der Waals surface area contributed by atoms with Gasteiger partial charge in [0, 0.05) is 30.0 Å². The van der Waals surface area contributed by atoms with Crippen molar-refractivity contribution in [3.63, 3.8) is 0 Å². The highest BCUT2D eigenvalue weighted by atomic mass is 32.1. The van der Waals surface area contributed by atoms with Crippen molar-refractivity contribution < 1.29 is 9.60 Å². The first-order chi connectivity index (χ1) is 10.0. The summed E-state index contributed by atoms with van der Waals surface area (Å²) in [6.07, 6.45) is 0.857. The number of hydrogen-bond acceptors (Lipinski definition) is 4. The van der Waals surface area contributed by atoms with Gasteiger partial charge in [-0.05, 0) is 36.6 Å². The fraction of sp³-hybridized carbons (Fsp3) is 0.267. The van der Waals surface area contributed by atoms with Crippen LogP contribution in [0.25, 0.3) is 0 Å². The standard InChI is InChI=1S/C15H18FN3OS/c1-10(8-12-4-3-7-21-12)19(2)14-6-5-11(9-13(14)16)15(17)18-20/h3-7,9-10,20H,8H2,1-2H3,(H2,17,18). The Morgan fingerprint density at radius 2 is 2.24 bits per heavy atom. The molecule has 1 aromatic carbocycles. The van der Waals surface area contributed by atoms with E-state index in [0.29, 0.717) is 11.3 Å². The molecule has 0 bridgehead atoms. The molecule has 0 spiro atoms. The second-order valence-corrected chi connectivity index (χ2v) is 5.93. The first kappa shape index (κ1) is 15.3. The van der Waals surface area contributed by atoms with Crippen molar-refractivity contribution in [2.24, 2.45) is 10.9 Å². The zero-order valence-electron chi connectivity index (χ0n) is 12.0. The number of nitrogens with zero attached hydrogens (tertiary/aromatic N) is 2. The number of likely N-dealkylation sites (N-methyl/N-ethyl adjacent to an activating group) is 1. The highest BCUT2D eigenvalue weighted by Crippen LogP contribution is 2.23. The minimum atomic E-state index is -0.389. The Hall–Kier alpha value is -2.08. The van der Waals surface area contributed by atoms with E-state index >= 15 is 0 Å². The highest BCUT2D eigenvalue weighted by molar-refractivity contribution is 7.09. The molecule has 1 heterocycles. The molecule has 0 aliphatic carbocycles. The van der Waals surface area contributed by atoms with Crippen LogP contribution in [0.2, 0.25) is 0 Å². The van der Waals surface area contributed by atoms with Crippen LogP contribution in [0.15, 0.2) is 40.9 Å². The molecule has 3 N–H and O–H groups in total. The maximum absolute atomic E-state index is 14.2. The van der Waals surface area contributed by atoms with E-state index in [-0.39, 0.29) is 17.7 Å². The number of oxime groups is 1. The van der Waals surface area contributed by atoms with E-state index in [0.717, 1.165) is 6.42 Å². The van der Waals surface area contributed by atoms with Gasteiger partial charge in [-0.25, -0.2) is 4.39 Å². The monoisotopic (exact) mass is 307 g/mol. The molecule has 6 heteroatoms. The number of rotatable bonds is 5. The third-order valence-corrected chi connectivity index (χ3v) is 4.37. The molecule has 0 saturated carbocycles. The van der Waals surface area contributed by atoms with E-state index < -0.39 is 0 Å². The molecule has 2 aromatic rings. The highest BCUT2D eigenvalue weighted by Gasteiger charge is 2.16. The maximum atomic E-state index is 14.2. The molecule has 0 fully saturated rings. The van der Waals surface area contributed by atoms with Crippen LogP contribution in [-0.4, -0.2) is 24.1 Å². The molecule has 21 heavy (non-hydrogen) atoms. The van der Waals surface area contributed by atoms with Crippen LogP contribution in [-0.2, 0) is 6.42 Å². The number of hydrogen-bond donors (Lipinski definition) is 2. The van der Waals surface area contributed by atoms with Crippen molar-refractivity contribution in [2.75, 3.05) is 11.9 Å².